The fourth-order valence-corrected chi connectivity index (χ4v) is 3.81. The SMILES string of the molecule is Cc1cnc(N[C@H]2CC[C@@H](C(=O)N(C)c3ccc(Cl)cc3)CC2)nc1N(C)C. The summed E-state index contributed by atoms with van der Waals surface area (Å²) < 4.78 is 0. The van der Waals surface area contributed by atoms with Crippen LogP contribution in [-0.2, 0) is 4.79 Å². The molecule has 0 aliphatic heterocycles. The van der Waals surface area contributed by atoms with Gasteiger partial charge in [0.05, 0.1) is 0 Å². The van der Waals surface area contributed by atoms with Gasteiger partial charge in [0.25, 0.3) is 0 Å². The van der Waals surface area contributed by atoms with Crippen molar-refractivity contribution in [3.63, 3.8) is 0 Å². The van der Waals surface area contributed by atoms with Crippen molar-refractivity contribution >= 4 is 35.0 Å². The molecule has 1 aromatic heterocycles. The molecule has 0 spiro atoms. The summed E-state index contributed by atoms with van der Waals surface area (Å²) in [7, 11) is 5.79. The summed E-state index contributed by atoms with van der Waals surface area (Å²) in [5.41, 5.74) is 1.93. The highest BCUT2D eigenvalue weighted by Crippen LogP contribution is 2.29. The van der Waals surface area contributed by atoms with E-state index in [1.807, 2.05) is 63.4 Å². The van der Waals surface area contributed by atoms with Gasteiger partial charge < -0.3 is 15.1 Å². The van der Waals surface area contributed by atoms with Gasteiger partial charge in [0, 0.05) is 55.6 Å². The van der Waals surface area contributed by atoms with Crippen molar-refractivity contribution < 1.29 is 4.79 Å². The summed E-state index contributed by atoms with van der Waals surface area (Å²) in [5, 5.41) is 4.11. The zero-order valence-electron chi connectivity index (χ0n) is 16.9. The summed E-state index contributed by atoms with van der Waals surface area (Å²) in [6.07, 6.45) is 5.43. The fraction of sp³-hybridized carbons (Fsp3) is 0.476. The van der Waals surface area contributed by atoms with Crippen molar-refractivity contribution in [2.75, 3.05) is 36.3 Å². The molecule has 1 aromatic carbocycles. The topological polar surface area (TPSA) is 61.4 Å². The Labute approximate surface area is 171 Å². The number of aryl methyl sites for hydroxylation is 1. The third-order valence-corrected chi connectivity index (χ3v) is 5.57. The highest BCUT2D eigenvalue weighted by atomic mass is 35.5. The summed E-state index contributed by atoms with van der Waals surface area (Å²) in [6.45, 7) is 2.01. The number of carbonyl (C=O) groups is 1. The van der Waals surface area contributed by atoms with E-state index >= 15 is 0 Å². The van der Waals surface area contributed by atoms with E-state index in [4.69, 9.17) is 11.6 Å². The number of halogens is 1. The Bertz CT molecular complexity index is 816. The summed E-state index contributed by atoms with van der Waals surface area (Å²) in [6, 6.07) is 7.67. The first-order valence-electron chi connectivity index (χ1n) is 9.65. The second-order valence-electron chi connectivity index (χ2n) is 7.66. The molecule has 0 radical (unpaired) electrons. The van der Waals surface area contributed by atoms with Crippen LogP contribution in [0.2, 0.25) is 5.02 Å². The molecule has 1 heterocycles. The molecule has 1 aliphatic rings. The lowest BCUT2D eigenvalue weighted by molar-refractivity contribution is -0.123. The second-order valence-corrected chi connectivity index (χ2v) is 8.10. The number of amides is 1. The van der Waals surface area contributed by atoms with Crippen molar-refractivity contribution in [2.24, 2.45) is 5.92 Å². The molecule has 0 unspecified atom stereocenters. The molecule has 0 atom stereocenters. The molecule has 1 fully saturated rings. The molecule has 1 saturated carbocycles. The number of rotatable bonds is 5. The Kier molecular flexibility index (Phi) is 6.39. The van der Waals surface area contributed by atoms with Crippen LogP contribution in [0.5, 0.6) is 0 Å². The molecule has 0 bridgehead atoms. The van der Waals surface area contributed by atoms with Crippen LogP contribution in [0.4, 0.5) is 17.5 Å². The lowest BCUT2D eigenvalue weighted by Crippen LogP contribution is -2.37. The van der Waals surface area contributed by atoms with Gasteiger partial charge in [-0.05, 0) is 56.9 Å². The van der Waals surface area contributed by atoms with Crippen LogP contribution in [0.15, 0.2) is 30.5 Å². The number of nitrogens with one attached hydrogen (secondary N) is 1. The van der Waals surface area contributed by atoms with Gasteiger partial charge in [0.15, 0.2) is 0 Å². The van der Waals surface area contributed by atoms with E-state index in [1.165, 1.54) is 0 Å². The van der Waals surface area contributed by atoms with Gasteiger partial charge >= 0.3 is 0 Å². The minimum Gasteiger partial charge on any atom is -0.362 e. The predicted molar refractivity (Wildman–Crippen MR) is 115 cm³/mol. The zero-order valence-corrected chi connectivity index (χ0v) is 17.7. The quantitative estimate of drug-likeness (QED) is 0.815. The normalized spacial score (nSPS) is 19.2. The molecule has 150 valence electrons. The highest BCUT2D eigenvalue weighted by molar-refractivity contribution is 6.30. The van der Waals surface area contributed by atoms with Gasteiger partial charge in [0.2, 0.25) is 11.9 Å². The number of hydrogen-bond acceptors (Lipinski definition) is 5. The monoisotopic (exact) mass is 401 g/mol. The molecule has 1 N–H and O–H groups in total. The van der Waals surface area contributed by atoms with Crippen molar-refractivity contribution in [3.8, 4) is 0 Å². The van der Waals surface area contributed by atoms with Gasteiger partial charge in [-0.1, -0.05) is 11.6 Å². The van der Waals surface area contributed by atoms with Gasteiger partial charge in [-0.25, -0.2) is 4.98 Å². The first kappa shape index (κ1) is 20.4. The van der Waals surface area contributed by atoms with Crippen LogP contribution in [-0.4, -0.2) is 43.1 Å². The Morgan fingerprint density at radius 1 is 1.11 bits per heavy atom. The standard InChI is InChI=1S/C21H28ClN5O/c1-14-13-23-21(25-19(14)26(2)3)24-17-9-5-15(6-10-17)20(28)27(4)18-11-7-16(22)8-12-18/h7-8,11-13,15,17H,5-6,9-10H2,1-4H3,(H,23,24,25)/t15-,17+. The highest BCUT2D eigenvalue weighted by Gasteiger charge is 2.29. The Morgan fingerprint density at radius 3 is 2.36 bits per heavy atom. The van der Waals surface area contributed by atoms with Crippen molar-refractivity contribution in [3.05, 3.63) is 41.0 Å². The van der Waals surface area contributed by atoms with Crippen LogP contribution >= 0.6 is 11.6 Å². The van der Waals surface area contributed by atoms with E-state index < -0.39 is 0 Å². The third kappa shape index (κ3) is 4.73. The Morgan fingerprint density at radius 2 is 1.75 bits per heavy atom. The van der Waals surface area contributed by atoms with E-state index in [9.17, 15) is 4.79 Å². The number of benzene rings is 1. The minimum atomic E-state index is 0.0509. The zero-order chi connectivity index (χ0) is 20.3. The lowest BCUT2D eigenvalue weighted by Gasteiger charge is -2.31. The average molecular weight is 402 g/mol. The van der Waals surface area contributed by atoms with Crippen LogP contribution in [0.1, 0.15) is 31.2 Å². The first-order chi connectivity index (χ1) is 13.3. The third-order valence-electron chi connectivity index (χ3n) is 5.32. The molecule has 6 nitrogen and oxygen atoms in total. The van der Waals surface area contributed by atoms with Crippen molar-refractivity contribution in [1.82, 2.24) is 9.97 Å². The molecule has 7 heteroatoms. The average Bonchev–Trinajstić information content (AvgIpc) is 2.69. The number of hydrogen-bond donors (Lipinski definition) is 1. The van der Waals surface area contributed by atoms with Gasteiger partial charge in [0.1, 0.15) is 5.82 Å². The van der Waals surface area contributed by atoms with E-state index in [0.29, 0.717) is 17.0 Å². The maximum Gasteiger partial charge on any atom is 0.229 e. The van der Waals surface area contributed by atoms with Crippen molar-refractivity contribution in [1.29, 1.82) is 0 Å². The van der Waals surface area contributed by atoms with E-state index in [1.54, 1.807) is 4.90 Å². The number of carbonyl (C=O) groups excluding carboxylic acids is 1. The minimum absolute atomic E-state index is 0.0509. The molecule has 1 aliphatic carbocycles. The smallest absolute Gasteiger partial charge is 0.229 e. The van der Waals surface area contributed by atoms with Gasteiger partial charge in [-0.15, -0.1) is 0 Å². The van der Waals surface area contributed by atoms with Gasteiger partial charge in [-0.2, -0.15) is 4.98 Å². The number of aromatic nitrogens is 2. The largest absolute Gasteiger partial charge is 0.362 e. The van der Waals surface area contributed by atoms with Crippen LogP contribution in [0, 0.1) is 12.8 Å². The maximum absolute atomic E-state index is 12.8. The summed E-state index contributed by atoms with van der Waals surface area (Å²) in [4.78, 5) is 25.6. The molecular formula is C21H28ClN5O. The molecule has 2 aromatic rings. The van der Waals surface area contributed by atoms with E-state index in [-0.39, 0.29) is 11.8 Å². The second kappa shape index (κ2) is 8.78. The maximum atomic E-state index is 12.8. The van der Waals surface area contributed by atoms with Gasteiger partial charge in [-0.3, -0.25) is 4.79 Å². The molecule has 28 heavy (non-hydrogen) atoms. The summed E-state index contributed by atoms with van der Waals surface area (Å²) in [5.74, 6) is 1.80. The molecule has 1 amide bonds. The lowest BCUT2D eigenvalue weighted by atomic mass is 9.85. The Hall–Kier alpha value is -2.34. The number of anilines is 3. The van der Waals surface area contributed by atoms with Crippen LogP contribution in [0.3, 0.4) is 0 Å². The van der Waals surface area contributed by atoms with Crippen LogP contribution < -0.4 is 15.1 Å². The predicted octanol–water partition coefficient (Wildman–Crippen LogP) is 4.14. The molecule has 3 rings (SSSR count). The van der Waals surface area contributed by atoms with Crippen LogP contribution in [0.25, 0.3) is 0 Å². The fourth-order valence-electron chi connectivity index (χ4n) is 3.69. The van der Waals surface area contributed by atoms with E-state index in [2.05, 4.69) is 15.3 Å². The van der Waals surface area contributed by atoms with Crippen molar-refractivity contribution in [2.45, 2.75) is 38.6 Å². The Balaban J connectivity index is 1.56. The first-order valence-corrected chi connectivity index (χ1v) is 10.0. The number of nitrogens with zero attached hydrogens (tertiary/aromatic N) is 4. The van der Waals surface area contributed by atoms with E-state index in [0.717, 1.165) is 42.8 Å². The summed E-state index contributed by atoms with van der Waals surface area (Å²) >= 11 is 5.94. The molecule has 0 saturated heterocycles. The molecular weight excluding hydrogens is 374 g/mol.